The number of hydrogen-bond acceptors (Lipinski definition) is 5. The maximum absolute atomic E-state index is 10.6. The number of hydrogen-bond donors (Lipinski definition) is 1. The standard InChI is InChI=1S/C16H21Cl2N3O3.Na/c1-20-13-3-2-11(21(8-6-17)9-7-18)10-12(13)19-16(20)14(22)4-5-15(23)24;/h2-3,10,14,22H,4-9H2,1H3,(H,23,24);/q;+1/p-1. The number of carboxylic acids is 1. The predicted molar refractivity (Wildman–Crippen MR) is 93.6 cm³/mol. The summed E-state index contributed by atoms with van der Waals surface area (Å²) in [5.41, 5.74) is 2.54. The number of carbonyl (C=O) groups excluding carboxylic acids is 1. The molecule has 1 heterocycles. The molecule has 0 spiro atoms. The normalized spacial score (nSPS) is 12.0. The minimum absolute atomic E-state index is 0. The molecule has 0 radical (unpaired) electrons. The van der Waals surface area contributed by atoms with Crippen LogP contribution in [0.2, 0.25) is 0 Å². The molecular formula is C16H20Cl2N3NaO3. The van der Waals surface area contributed by atoms with E-state index in [4.69, 9.17) is 23.2 Å². The molecule has 1 unspecified atom stereocenters. The van der Waals surface area contributed by atoms with Crippen molar-refractivity contribution in [2.75, 3.05) is 29.7 Å². The van der Waals surface area contributed by atoms with Crippen molar-refractivity contribution < 1.29 is 44.6 Å². The summed E-state index contributed by atoms with van der Waals surface area (Å²) in [4.78, 5) is 17.1. The average molecular weight is 396 g/mol. The zero-order chi connectivity index (χ0) is 17.7. The molecule has 0 amide bonds. The summed E-state index contributed by atoms with van der Waals surface area (Å²) in [7, 11) is 1.79. The number of carboxylic acid groups (broad SMARTS) is 1. The Labute approximate surface area is 179 Å². The molecule has 1 aromatic heterocycles. The number of rotatable bonds is 9. The Balaban J connectivity index is 0.00000312. The Hall–Kier alpha value is -0.500. The smallest absolute Gasteiger partial charge is 0.550 e. The zero-order valence-electron chi connectivity index (χ0n) is 14.4. The molecule has 0 aliphatic carbocycles. The monoisotopic (exact) mass is 395 g/mol. The zero-order valence-corrected chi connectivity index (χ0v) is 17.9. The summed E-state index contributed by atoms with van der Waals surface area (Å²) in [6, 6.07) is 5.80. The van der Waals surface area contributed by atoms with Gasteiger partial charge in [0.05, 0.1) is 11.0 Å². The van der Waals surface area contributed by atoms with Gasteiger partial charge in [0.15, 0.2) is 0 Å². The van der Waals surface area contributed by atoms with Gasteiger partial charge in [-0.15, -0.1) is 23.2 Å². The van der Waals surface area contributed by atoms with Crippen LogP contribution in [0.15, 0.2) is 18.2 Å². The SMILES string of the molecule is Cn1c(C(O)CCC(=O)[O-])nc2cc(N(CCCl)CCCl)ccc21.[Na+]. The van der Waals surface area contributed by atoms with Gasteiger partial charge in [-0.2, -0.15) is 0 Å². The molecular weight excluding hydrogens is 376 g/mol. The van der Waals surface area contributed by atoms with E-state index < -0.39 is 12.1 Å². The van der Waals surface area contributed by atoms with Crippen molar-refractivity contribution in [3.63, 3.8) is 0 Å². The number of aromatic nitrogens is 2. The molecule has 0 aliphatic rings. The van der Waals surface area contributed by atoms with E-state index >= 15 is 0 Å². The predicted octanol–water partition coefficient (Wildman–Crippen LogP) is -1.58. The summed E-state index contributed by atoms with van der Waals surface area (Å²) >= 11 is 11.7. The Kier molecular flexibility index (Phi) is 9.56. The number of nitrogens with zero attached hydrogens (tertiary/aromatic N) is 3. The van der Waals surface area contributed by atoms with Gasteiger partial charge in [-0.25, -0.2) is 4.98 Å². The van der Waals surface area contributed by atoms with Gasteiger partial charge in [0, 0.05) is 43.6 Å². The van der Waals surface area contributed by atoms with Gasteiger partial charge < -0.3 is 24.5 Å². The van der Waals surface area contributed by atoms with Crippen molar-refractivity contribution in [2.45, 2.75) is 18.9 Å². The third kappa shape index (κ3) is 5.74. The van der Waals surface area contributed by atoms with Gasteiger partial charge in [0.1, 0.15) is 11.9 Å². The van der Waals surface area contributed by atoms with E-state index in [0.717, 1.165) is 16.7 Å². The number of carbonyl (C=O) groups is 1. The van der Waals surface area contributed by atoms with Crippen LogP contribution in [0.4, 0.5) is 5.69 Å². The second-order valence-electron chi connectivity index (χ2n) is 5.49. The van der Waals surface area contributed by atoms with Crippen molar-refractivity contribution in [1.82, 2.24) is 9.55 Å². The van der Waals surface area contributed by atoms with Crippen molar-refractivity contribution in [3.05, 3.63) is 24.0 Å². The number of aryl methyl sites for hydroxylation is 1. The number of benzene rings is 1. The third-order valence-electron chi connectivity index (χ3n) is 3.89. The van der Waals surface area contributed by atoms with E-state index in [1.54, 1.807) is 11.6 Å². The van der Waals surface area contributed by atoms with Gasteiger partial charge >= 0.3 is 29.6 Å². The average Bonchev–Trinajstić information content (AvgIpc) is 2.89. The third-order valence-corrected chi connectivity index (χ3v) is 4.23. The van der Waals surface area contributed by atoms with Crippen molar-refractivity contribution in [3.8, 4) is 0 Å². The summed E-state index contributed by atoms with van der Waals surface area (Å²) in [5.74, 6) is 0.229. The quantitative estimate of drug-likeness (QED) is 0.409. The van der Waals surface area contributed by atoms with E-state index in [9.17, 15) is 15.0 Å². The second kappa shape index (κ2) is 10.6. The molecule has 0 bridgehead atoms. The van der Waals surface area contributed by atoms with Crippen LogP contribution in [0, 0.1) is 0 Å². The Morgan fingerprint density at radius 3 is 2.56 bits per heavy atom. The molecule has 0 saturated heterocycles. The van der Waals surface area contributed by atoms with Crippen LogP contribution in [-0.2, 0) is 11.8 Å². The molecule has 1 aromatic carbocycles. The minimum atomic E-state index is -1.19. The van der Waals surface area contributed by atoms with Gasteiger partial charge in [0.2, 0.25) is 0 Å². The summed E-state index contributed by atoms with van der Waals surface area (Å²) < 4.78 is 1.77. The van der Waals surface area contributed by atoms with Crippen molar-refractivity contribution >= 4 is 45.9 Å². The van der Waals surface area contributed by atoms with Crippen LogP contribution in [0.3, 0.4) is 0 Å². The van der Waals surface area contributed by atoms with Gasteiger partial charge in [-0.1, -0.05) is 0 Å². The second-order valence-corrected chi connectivity index (χ2v) is 6.25. The van der Waals surface area contributed by atoms with Gasteiger partial charge in [-0.05, 0) is 31.0 Å². The Bertz CT molecular complexity index is 705. The molecule has 1 atom stereocenters. The number of imidazole rings is 1. The first kappa shape index (κ1) is 22.5. The molecule has 0 aliphatic heterocycles. The number of fused-ring (bicyclic) bond motifs is 1. The number of alkyl halides is 2. The van der Waals surface area contributed by atoms with E-state index in [0.29, 0.717) is 30.7 Å². The maximum atomic E-state index is 10.6. The number of halogens is 2. The van der Waals surface area contributed by atoms with Crippen LogP contribution in [0.25, 0.3) is 11.0 Å². The fourth-order valence-electron chi connectivity index (χ4n) is 2.66. The summed E-state index contributed by atoms with van der Waals surface area (Å²) in [6.07, 6.45) is -1.10. The van der Waals surface area contributed by atoms with Crippen molar-refractivity contribution in [2.24, 2.45) is 7.05 Å². The minimum Gasteiger partial charge on any atom is -0.550 e. The van der Waals surface area contributed by atoms with E-state index in [2.05, 4.69) is 9.88 Å². The largest absolute Gasteiger partial charge is 1.00 e. The molecule has 2 rings (SSSR count). The molecule has 1 N–H and O–H groups in total. The molecule has 0 saturated carbocycles. The van der Waals surface area contributed by atoms with E-state index in [-0.39, 0.29) is 42.4 Å². The number of aliphatic carboxylic acids is 1. The van der Waals surface area contributed by atoms with Crippen LogP contribution in [0.1, 0.15) is 24.8 Å². The number of aliphatic hydroxyl groups is 1. The van der Waals surface area contributed by atoms with Crippen LogP contribution in [-0.4, -0.2) is 45.5 Å². The maximum Gasteiger partial charge on any atom is 1.00 e. The van der Waals surface area contributed by atoms with E-state index in [1.807, 2.05) is 18.2 Å². The van der Waals surface area contributed by atoms with Crippen LogP contribution in [0.5, 0.6) is 0 Å². The Morgan fingerprint density at radius 2 is 2.00 bits per heavy atom. The van der Waals surface area contributed by atoms with Crippen LogP contribution < -0.4 is 39.6 Å². The topological polar surface area (TPSA) is 81.4 Å². The number of aliphatic hydroxyl groups excluding tert-OH is 1. The van der Waals surface area contributed by atoms with Crippen molar-refractivity contribution in [1.29, 1.82) is 0 Å². The molecule has 2 aromatic rings. The van der Waals surface area contributed by atoms with Gasteiger partial charge in [0.25, 0.3) is 0 Å². The Morgan fingerprint density at radius 1 is 1.36 bits per heavy atom. The van der Waals surface area contributed by atoms with Gasteiger partial charge in [-0.3, -0.25) is 0 Å². The summed E-state index contributed by atoms with van der Waals surface area (Å²) in [5, 5.41) is 20.7. The molecule has 9 heteroatoms. The van der Waals surface area contributed by atoms with Crippen LogP contribution >= 0.6 is 23.2 Å². The fourth-order valence-corrected chi connectivity index (χ4v) is 3.07. The molecule has 25 heavy (non-hydrogen) atoms. The molecule has 132 valence electrons. The number of anilines is 1. The summed E-state index contributed by atoms with van der Waals surface area (Å²) in [6.45, 7) is 1.35. The fraction of sp³-hybridized carbons (Fsp3) is 0.500. The first-order valence-electron chi connectivity index (χ1n) is 7.69. The first-order chi connectivity index (χ1) is 11.5. The first-order valence-corrected chi connectivity index (χ1v) is 8.76. The molecule has 6 nitrogen and oxygen atoms in total. The molecule has 0 fully saturated rings. The van der Waals surface area contributed by atoms with E-state index in [1.165, 1.54) is 0 Å².